The number of nitrogens with zero attached hydrogens (tertiary/aromatic N) is 6. The summed E-state index contributed by atoms with van der Waals surface area (Å²) in [7, 11) is 4.06. The summed E-state index contributed by atoms with van der Waals surface area (Å²) in [5, 5.41) is 28.1. The van der Waals surface area contributed by atoms with Crippen molar-refractivity contribution in [1.82, 2.24) is 0 Å². The lowest BCUT2D eigenvalue weighted by Crippen LogP contribution is -2.10. The van der Waals surface area contributed by atoms with Crippen LogP contribution in [0.1, 0.15) is 11.1 Å². The standard InChI is InChI=1S/2C40H29N3/c1-42(38-12-6-7-29(25-38)28-41)36-19-13-32(14-20-36)33-15-21-37(22-16-33)43(39-23-17-30-8-2-4-10-34(30)26-39)40-24-18-31-9-3-5-11-35(31)27-40;1-42(36-18-10-29(28-41)11-19-36)37-20-12-32(13-21-37)33-14-22-38(23-15-33)43(39-24-16-30-6-2-4-8-34(30)26-39)40-25-17-31-7-3-5-9-35(31)27-40/h2*2-27H,1H3. The van der Waals surface area contributed by atoms with Crippen molar-refractivity contribution in [3.63, 3.8) is 0 Å². The third kappa shape index (κ3) is 11.3. The number of benzene rings is 14. The van der Waals surface area contributed by atoms with Crippen molar-refractivity contribution in [2.45, 2.75) is 0 Å². The summed E-state index contributed by atoms with van der Waals surface area (Å²) in [5.41, 5.74) is 16.8. The van der Waals surface area contributed by atoms with Crippen LogP contribution in [-0.4, -0.2) is 14.1 Å². The van der Waals surface area contributed by atoms with Gasteiger partial charge in [0.1, 0.15) is 0 Å². The van der Waals surface area contributed by atoms with Crippen LogP contribution in [0, 0.1) is 22.7 Å². The first-order chi connectivity index (χ1) is 42.3. The van der Waals surface area contributed by atoms with Gasteiger partial charge in [0.2, 0.25) is 0 Å². The van der Waals surface area contributed by atoms with Crippen LogP contribution >= 0.6 is 0 Å². The van der Waals surface area contributed by atoms with Crippen molar-refractivity contribution in [1.29, 1.82) is 10.5 Å². The summed E-state index contributed by atoms with van der Waals surface area (Å²) >= 11 is 0. The van der Waals surface area contributed by atoms with Crippen molar-refractivity contribution in [2.75, 3.05) is 33.7 Å². The highest BCUT2D eigenvalue weighted by Crippen LogP contribution is 2.41. The molecular weight excluding hydrogens is 1040 g/mol. The summed E-state index contributed by atoms with van der Waals surface area (Å²) < 4.78 is 0. The van der Waals surface area contributed by atoms with Gasteiger partial charge in [0.15, 0.2) is 0 Å². The Morgan fingerprint density at radius 2 is 0.477 bits per heavy atom. The Kier molecular flexibility index (Phi) is 15.0. The number of rotatable bonds is 12. The molecule has 0 bridgehead atoms. The minimum Gasteiger partial charge on any atom is -0.345 e. The maximum atomic E-state index is 9.27. The van der Waals surface area contributed by atoms with Crippen molar-refractivity contribution in [3.8, 4) is 34.4 Å². The molecule has 14 rings (SSSR count). The summed E-state index contributed by atoms with van der Waals surface area (Å²) in [4.78, 5) is 8.88. The van der Waals surface area contributed by atoms with Crippen molar-refractivity contribution < 1.29 is 0 Å². The van der Waals surface area contributed by atoms with E-state index in [2.05, 4.69) is 299 Å². The zero-order chi connectivity index (χ0) is 58.3. The summed E-state index contributed by atoms with van der Waals surface area (Å²) in [6, 6.07) is 115. The molecule has 0 saturated carbocycles. The molecule has 0 aromatic heterocycles. The molecule has 0 saturated heterocycles. The van der Waals surface area contributed by atoms with E-state index in [9.17, 15) is 5.26 Å². The first-order valence-electron chi connectivity index (χ1n) is 28.8. The van der Waals surface area contributed by atoms with Gasteiger partial charge in [-0.05, 0) is 205 Å². The van der Waals surface area contributed by atoms with E-state index in [0.29, 0.717) is 11.1 Å². The highest BCUT2D eigenvalue weighted by atomic mass is 15.1. The van der Waals surface area contributed by atoms with Gasteiger partial charge in [-0.2, -0.15) is 10.5 Å². The fourth-order valence-electron chi connectivity index (χ4n) is 11.4. The lowest BCUT2D eigenvalue weighted by Gasteiger charge is -2.26. The largest absolute Gasteiger partial charge is 0.345 e. The Morgan fingerprint density at radius 3 is 0.791 bits per heavy atom. The van der Waals surface area contributed by atoms with Gasteiger partial charge in [-0.1, -0.05) is 176 Å². The maximum Gasteiger partial charge on any atom is 0.0992 e. The topological polar surface area (TPSA) is 60.5 Å². The quantitative estimate of drug-likeness (QED) is 0.121. The molecule has 6 nitrogen and oxygen atoms in total. The number of nitriles is 2. The molecule has 14 aromatic rings. The molecule has 0 amide bonds. The molecule has 6 heteroatoms. The normalized spacial score (nSPS) is 10.9. The Hall–Kier alpha value is -11.7. The number of hydrogen-bond donors (Lipinski definition) is 0. The van der Waals surface area contributed by atoms with E-state index in [-0.39, 0.29) is 0 Å². The molecule has 0 aliphatic rings. The Balaban J connectivity index is 0.000000160. The zero-order valence-corrected chi connectivity index (χ0v) is 47.7. The van der Waals surface area contributed by atoms with Gasteiger partial charge < -0.3 is 19.6 Å². The fourth-order valence-corrected chi connectivity index (χ4v) is 11.4. The summed E-state index contributed by atoms with van der Waals surface area (Å²) in [5.74, 6) is 0. The summed E-state index contributed by atoms with van der Waals surface area (Å²) in [6.07, 6.45) is 0. The average molecular weight is 1100 g/mol. The lowest BCUT2D eigenvalue weighted by atomic mass is 10.0. The average Bonchev–Trinajstić information content (AvgIpc) is 3.56. The van der Waals surface area contributed by atoms with Crippen LogP contribution in [0.2, 0.25) is 0 Å². The third-order valence-electron chi connectivity index (χ3n) is 16.1. The predicted molar refractivity (Wildman–Crippen MR) is 362 cm³/mol. The Labute approximate surface area is 502 Å². The number of anilines is 10. The van der Waals surface area contributed by atoms with Crippen molar-refractivity contribution in [3.05, 3.63) is 327 Å². The van der Waals surface area contributed by atoms with Gasteiger partial charge in [-0.15, -0.1) is 0 Å². The van der Waals surface area contributed by atoms with Gasteiger partial charge in [-0.25, -0.2) is 0 Å². The Morgan fingerprint density at radius 1 is 0.209 bits per heavy atom. The highest BCUT2D eigenvalue weighted by molar-refractivity contribution is 5.95. The molecule has 408 valence electrons. The molecule has 0 atom stereocenters. The molecule has 0 aliphatic heterocycles. The highest BCUT2D eigenvalue weighted by Gasteiger charge is 2.17. The predicted octanol–water partition coefficient (Wildman–Crippen LogP) is 21.5. The zero-order valence-electron chi connectivity index (χ0n) is 47.7. The van der Waals surface area contributed by atoms with Gasteiger partial charge in [0.05, 0.1) is 23.3 Å². The van der Waals surface area contributed by atoms with Crippen LogP contribution in [-0.2, 0) is 0 Å². The molecule has 0 N–H and O–H groups in total. The van der Waals surface area contributed by atoms with E-state index in [0.717, 1.165) is 79.1 Å². The second-order valence-electron chi connectivity index (χ2n) is 21.4. The fraction of sp³-hybridized carbons (Fsp3) is 0.0250. The molecule has 0 unspecified atom stereocenters. The van der Waals surface area contributed by atoms with Crippen molar-refractivity contribution in [2.24, 2.45) is 0 Å². The van der Waals surface area contributed by atoms with E-state index in [1.807, 2.05) is 62.6 Å². The van der Waals surface area contributed by atoms with Gasteiger partial charge in [0.25, 0.3) is 0 Å². The van der Waals surface area contributed by atoms with E-state index < -0.39 is 0 Å². The SMILES string of the molecule is CN(c1ccc(-c2ccc(N(c3ccc4ccccc4c3)c3ccc4ccccc4c3)cc2)cc1)c1cccc(C#N)c1.CN(c1ccc(C#N)cc1)c1ccc(-c2ccc(N(c3ccc4ccccc4c3)c3ccc4ccccc4c3)cc2)cc1. The second kappa shape index (κ2) is 24.0. The van der Waals surface area contributed by atoms with Crippen LogP contribution < -0.4 is 19.6 Å². The Bertz CT molecular complexity index is 4650. The monoisotopic (exact) mass is 1100 g/mol. The van der Waals surface area contributed by atoms with Crippen LogP contribution in [0.5, 0.6) is 0 Å². The van der Waals surface area contributed by atoms with E-state index in [1.54, 1.807) is 0 Å². The second-order valence-corrected chi connectivity index (χ2v) is 21.4. The van der Waals surface area contributed by atoms with Crippen LogP contribution in [0.15, 0.2) is 315 Å². The molecule has 0 fully saturated rings. The lowest BCUT2D eigenvalue weighted by molar-refractivity contribution is 1.21. The number of hydrogen-bond acceptors (Lipinski definition) is 6. The van der Waals surface area contributed by atoms with Crippen molar-refractivity contribution >= 4 is 100.0 Å². The first kappa shape index (κ1) is 53.6. The van der Waals surface area contributed by atoms with E-state index in [1.165, 1.54) is 43.1 Å². The molecule has 0 spiro atoms. The van der Waals surface area contributed by atoms with Gasteiger partial charge >= 0.3 is 0 Å². The number of fused-ring (bicyclic) bond motifs is 4. The minimum absolute atomic E-state index is 0.655. The van der Waals surface area contributed by atoms with E-state index in [4.69, 9.17) is 5.26 Å². The van der Waals surface area contributed by atoms with Gasteiger partial charge in [0, 0.05) is 71.0 Å². The molecule has 0 radical (unpaired) electrons. The molecule has 0 aliphatic carbocycles. The molecular formula is C80H58N6. The summed E-state index contributed by atoms with van der Waals surface area (Å²) in [6.45, 7) is 0. The van der Waals surface area contributed by atoms with Gasteiger partial charge in [-0.3, -0.25) is 0 Å². The molecule has 14 aromatic carbocycles. The minimum atomic E-state index is 0.655. The van der Waals surface area contributed by atoms with Crippen LogP contribution in [0.3, 0.4) is 0 Å². The first-order valence-corrected chi connectivity index (χ1v) is 28.8. The van der Waals surface area contributed by atoms with E-state index >= 15 is 0 Å². The smallest absolute Gasteiger partial charge is 0.0992 e. The molecule has 0 heterocycles. The molecule has 86 heavy (non-hydrogen) atoms. The van der Waals surface area contributed by atoms with Crippen LogP contribution in [0.25, 0.3) is 65.3 Å². The third-order valence-corrected chi connectivity index (χ3v) is 16.1. The maximum absolute atomic E-state index is 9.27. The van der Waals surface area contributed by atoms with Crippen LogP contribution in [0.4, 0.5) is 56.9 Å².